The van der Waals surface area contributed by atoms with Crippen molar-refractivity contribution >= 4 is 11.3 Å². The summed E-state index contributed by atoms with van der Waals surface area (Å²) < 4.78 is 0. The van der Waals surface area contributed by atoms with Gasteiger partial charge in [-0.1, -0.05) is 19.4 Å². The molecule has 15 heavy (non-hydrogen) atoms. The molecule has 0 radical (unpaired) electrons. The van der Waals surface area contributed by atoms with Crippen molar-refractivity contribution in [2.75, 3.05) is 13.2 Å². The van der Waals surface area contributed by atoms with Crippen LogP contribution in [0, 0.1) is 5.41 Å². The highest BCUT2D eigenvalue weighted by atomic mass is 32.1. The normalized spacial score (nSPS) is 11.9. The molecule has 0 aliphatic carbocycles. The van der Waals surface area contributed by atoms with Crippen LogP contribution in [-0.4, -0.2) is 23.4 Å². The maximum atomic E-state index is 9.38. The van der Waals surface area contributed by atoms with Crippen molar-refractivity contribution < 1.29 is 10.2 Å². The van der Waals surface area contributed by atoms with Crippen molar-refractivity contribution in [3.8, 4) is 0 Å². The predicted molar refractivity (Wildman–Crippen MR) is 64.2 cm³/mol. The first-order valence-corrected chi connectivity index (χ1v) is 6.38. The lowest BCUT2D eigenvalue weighted by atomic mass is 9.80. The number of aliphatic hydroxyl groups excluding tert-OH is 2. The first kappa shape index (κ1) is 12.7. The van der Waals surface area contributed by atoms with E-state index in [1.165, 1.54) is 4.88 Å². The van der Waals surface area contributed by atoms with Crippen LogP contribution in [-0.2, 0) is 6.42 Å². The second-order valence-corrected chi connectivity index (χ2v) is 5.18. The maximum absolute atomic E-state index is 9.38. The van der Waals surface area contributed by atoms with E-state index in [0.717, 1.165) is 25.7 Å². The SMILES string of the molecule is CCCC(CO)(CO)CCc1cccs1. The Hall–Kier alpha value is -0.380. The summed E-state index contributed by atoms with van der Waals surface area (Å²) in [5.41, 5.74) is -0.279. The molecule has 0 aliphatic rings. The zero-order valence-corrected chi connectivity index (χ0v) is 10.1. The van der Waals surface area contributed by atoms with Crippen molar-refractivity contribution in [2.45, 2.75) is 32.6 Å². The average Bonchev–Trinajstić information content (AvgIpc) is 2.77. The minimum atomic E-state index is -0.279. The van der Waals surface area contributed by atoms with E-state index >= 15 is 0 Å². The third-order valence-corrected chi connectivity index (χ3v) is 3.87. The molecule has 0 unspecified atom stereocenters. The van der Waals surface area contributed by atoms with E-state index in [9.17, 15) is 10.2 Å². The highest BCUT2D eigenvalue weighted by Gasteiger charge is 2.27. The van der Waals surface area contributed by atoms with Crippen LogP contribution in [0.25, 0.3) is 0 Å². The fourth-order valence-electron chi connectivity index (χ4n) is 1.86. The number of aliphatic hydroxyl groups is 2. The van der Waals surface area contributed by atoms with Gasteiger partial charge in [-0.3, -0.25) is 0 Å². The second kappa shape index (κ2) is 6.26. The molecule has 0 bridgehead atoms. The molecule has 2 N–H and O–H groups in total. The summed E-state index contributed by atoms with van der Waals surface area (Å²) in [5.74, 6) is 0. The van der Waals surface area contributed by atoms with Crippen LogP contribution in [0.3, 0.4) is 0 Å². The Balaban J connectivity index is 2.50. The number of hydrogen-bond acceptors (Lipinski definition) is 3. The third-order valence-electron chi connectivity index (χ3n) is 2.93. The quantitative estimate of drug-likeness (QED) is 0.752. The highest BCUT2D eigenvalue weighted by molar-refractivity contribution is 7.09. The van der Waals surface area contributed by atoms with Crippen molar-refractivity contribution in [1.29, 1.82) is 0 Å². The first-order chi connectivity index (χ1) is 7.26. The molecular formula is C12H20O2S. The van der Waals surface area contributed by atoms with Crippen LogP contribution < -0.4 is 0 Å². The van der Waals surface area contributed by atoms with Gasteiger partial charge in [-0.05, 0) is 30.7 Å². The van der Waals surface area contributed by atoms with Crippen molar-refractivity contribution in [2.24, 2.45) is 5.41 Å². The summed E-state index contributed by atoms with van der Waals surface area (Å²) in [4.78, 5) is 1.33. The van der Waals surface area contributed by atoms with E-state index in [2.05, 4.69) is 18.4 Å². The molecule has 0 aliphatic heterocycles. The molecule has 3 heteroatoms. The lowest BCUT2D eigenvalue weighted by Gasteiger charge is -2.29. The molecule has 1 aromatic rings. The van der Waals surface area contributed by atoms with Crippen LogP contribution in [0.1, 0.15) is 31.1 Å². The largest absolute Gasteiger partial charge is 0.396 e. The highest BCUT2D eigenvalue weighted by Crippen LogP contribution is 2.29. The number of thiophene rings is 1. The predicted octanol–water partition coefficient (Wildman–Crippen LogP) is 2.45. The lowest BCUT2D eigenvalue weighted by molar-refractivity contribution is 0.0395. The molecule has 0 spiro atoms. The third kappa shape index (κ3) is 3.59. The average molecular weight is 228 g/mol. The summed E-state index contributed by atoms with van der Waals surface area (Å²) >= 11 is 1.74. The number of hydrogen-bond donors (Lipinski definition) is 2. The minimum absolute atomic E-state index is 0.0860. The van der Waals surface area contributed by atoms with Gasteiger partial charge < -0.3 is 10.2 Å². The topological polar surface area (TPSA) is 40.5 Å². The van der Waals surface area contributed by atoms with Crippen LogP contribution in [0.4, 0.5) is 0 Å². The molecule has 0 amide bonds. The summed E-state index contributed by atoms with van der Waals surface area (Å²) in [5, 5.41) is 20.8. The molecule has 0 fully saturated rings. The molecule has 0 aromatic carbocycles. The summed E-state index contributed by atoms with van der Waals surface area (Å²) in [6.45, 7) is 2.26. The van der Waals surface area contributed by atoms with Crippen LogP contribution in [0.5, 0.6) is 0 Å². The number of rotatable bonds is 7. The minimum Gasteiger partial charge on any atom is -0.396 e. The second-order valence-electron chi connectivity index (χ2n) is 4.15. The fourth-order valence-corrected chi connectivity index (χ4v) is 2.57. The molecule has 0 atom stereocenters. The van der Waals surface area contributed by atoms with Gasteiger partial charge in [-0.15, -0.1) is 11.3 Å². The molecule has 1 rings (SSSR count). The van der Waals surface area contributed by atoms with Gasteiger partial charge in [0.1, 0.15) is 0 Å². The Morgan fingerprint density at radius 1 is 1.27 bits per heavy atom. The summed E-state index contributed by atoms with van der Waals surface area (Å²) in [6, 6.07) is 4.15. The molecule has 0 saturated heterocycles. The van der Waals surface area contributed by atoms with Crippen molar-refractivity contribution in [3.63, 3.8) is 0 Å². The van der Waals surface area contributed by atoms with E-state index in [1.807, 2.05) is 6.07 Å². The van der Waals surface area contributed by atoms with Crippen LogP contribution in [0.15, 0.2) is 17.5 Å². The van der Waals surface area contributed by atoms with Gasteiger partial charge in [-0.25, -0.2) is 0 Å². The Morgan fingerprint density at radius 3 is 2.47 bits per heavy atom. The summed E-state index contributed by atoms with van der Waals surface area (Å²) in [6.07, 6.45) is 3.73. The Bertz CT molecular complexity index is 253. The van der Waals surface area contributed by atoms with Gasteiger partial charge in [0, 0.05) is 10.3 Å². The van der Waals surface area contributed by atoms with Gasteiger partial charge in [0.05, 0.1) is 13.2 Å². The van der Waals surface area contributed by atoms with Gasteiger partial charge >= 0.3 is 0 Å². The van der Waals surface area contributed by atoms with Crippen molar-refractivity contribution in [1.82, 2.24) is 0 Å². The van der Waals surface area contributed by atoms with Crippen LogP contribution in [0.2, 0.25) is 0 Å². The molecule has 1 heterocycles. The van der Waals surface area contributed by atoms with Gasteiger partial charge in [0.25, 0.3) is 0 Å². The van der Waals surface area contributed by atoms with E-state index in [4.69, 9.17) is 0 Å². The lowest BCUT2D eigenvalue weighted by Crippen LogP contribution is -2.30. The Morgan fingerprint density at radius 2 is 2.00 bits per heavy atom. The zero-order valence-electron chi connectivity index (χ0n) is 9.28. The Kier molecular flexibility index (Phi) is 5.29. The van der Waals surface area contributed by atoms with E-state index in [-0.39, 0.29) is 18.6 Å². The van der Waals surface area contributed by atoms with E-state index in [1.54, 1.807) is 11.3 Å². The molecule has 1 aromatic heterocycles. The Labute approximate surface area is 95.6 Å². The molecular weight excluding hydrogens is 208 g/mol. The molecule has 86 valence electrons. The fraction of sp³-hybridized carbons (Fsp3) is 0.667. The molecule has 0 saturated carbocycles. The monoisotopic (exact) mass is 228 g/mol. The zero-order chi connectivity index (χ0) is 11.1. The van der Waals surface area contributed by atoms with Crippen molar-refractivity contribution in [3.05, 3.63) is 22.4 Å². The molecule has 2 nitrogen and oxygen atoms in total. The van der Waals surface area contributed by atoms with Gasteiger partial charge in [0.2, 0.25) is 0 Å². The standard InChI is InChI=1S/C12H20O2S/c1-2-6-12(9-13,10-14)7-5-11-4-3-8-15-11/h3-4,8,13-14H,2,5-7,9-10H2,1H3. The van der Waals surface area contributed by atoms with Crippen LogP contribution >= 0.6 is 11.3 Å². The van der Waals surface area contributed by atoms with Gasteiger partial charge in [-0.2, -0.15) is 0 Å². The smallest absolute Gasteiger partial charge is 0.0509 e. The number of aryl methyl sites for hydroxylation is 1. The van der Waals surface area contributed by atoms with E-state index in [0.29, 0.717) is 0 Å². The van der Waals surface area contributed by atoms with Gasteiger partial charge in [0.15, 0.2) is 0 Å². The van der Waals surface area contributed by atoms with E-state index < -0.39 is 0 Å². The summed E-state index contributed by atoms with van der Waals surface area (Å²) in [7, 11) is 0. The first-order valence-electron chi connectivity index (χ1n) is 5.50. The maximum Gasteiger partial charge on any atom is 0.0509 e.